The second-order valence-corrected chi connectivity index (χ2v) is 5.54. The molecule has 1 aromatic rings. The number of anilines is 1. The second-order valence-electron chi connectivity index (χ2n) is 4.70. The summed E-state index contributed by atoms with van der Waals surface area (Å²) >= 11 is 12.0. The largest absolute Gasteiger partial charge is 0.383 e. The Morgan fingerprint density at radius 1 is 1.17 bits per heavy atom. The fourth-order valence-electron chi connectivity index (χ4n) is 2.05. The Bertz CT molecular complexity index is 390. The quantitative estimate of drug-likeness (QED) is 0.919. The molecule has 1 saturated heterocycles. The van der Waals surface area contributed by atoms with Crippen molar-refractivity contribution >= 4 is 28.9 Å². The van der Waals surface area contributed by atoms with Crippen LogP contribution >= 0.6 is 23.2 Å². The normalized spacial score (nSPS) is 17.9. The van der Waals surface area contributed by atoms with Crippen LogP contribution in [0.5, 0.6) is 0 Å². The van der Waals surface area contributed by atoms with E-state index in [9.17, 15) is 0 Å². The zero-order chi connectivity index (χ0) is 13.0. The van der Waals surface area contributed by atoms with Crippen molar-refractivity contribution in [3.63, 3.8) is 0 Å². The summed E-state index contributed by atoms with van der Waals surface area (Å²) in [6.45, 7) is 6.56. The molecule has 5 heteroatoms. The fourth-order valence-corrected chi connectivity index (χ4v) is 2.53. The van der Waals surface area contributed by atoms with Crippen LogP contribution in [0.3, 0.4) is 0 Å². The van der Waals surface area contributed by atoms with Gasteiger partial charge in [-0.1, -0.05) is 23.2 Å². The lowest BCUT2D eigenvalue weighted by Gasteiger charge is -2.32. The number of halogens is 2. The molecule has 0 saturated carbocycles. The molecule has 1 aliphatic heterocycles. The lowest BCUT2D eigenvalue weighted by atomic mass is 10.3. The van der Waals surface area contributed by atoms with E-state index >= 15 is 0 Å². The summed E-state index contributed by atoms with van der Waals surface area (Å²) in [5.74, 6) is 0. The van der Waals surface area contributed by atoms with E-state index in [4.69, 9.17) is 23.2 Å². The molecule has 1 aliphatic rings. The predicted molar refractivity (Wildman–Crippen MR) is 78.9 cm³/mol. The molecule has 1 heterocycles. The van der Waals surface area contributed by atoms with Crippen LogP contribution in [0.25, 0.3) is 0 Å². The number of piperazine rings is 1. The summed E-state index contributed by atoms with van der Waals surface area (Å²) in [7, 11) is 2.17. The Kier molecular flexibility index (Phi) is 5.13. The van der Waals surface area contributed by atoms with Crippen LogP contribution in [-0.2, 0) is 0 Å². The van der Waals surface area contributed by atoms with E-state index < -0.39 is 0 Å². The maximum absolute atomic E-state index is 6.10. The van der Waals surface area contributed by atoms with Gasteiger partial charge in [-0.15, -0.1) is 0 Å². The van der Waals surface area contributed by atoms with E-state index in [0.29, 0.717) is 10.0 Å². The Labute approximate surface area is 119 Å². The van der Waals surface area contributed by atoms with Crippen LogP contribution in [-0.4, -0.2) is 56.1 Å². The first kappa shape index (κ1) is 13.9. The number of nitrogens with zero attached hydrogens (tertiary/aromatic N) is 2. The molecule has 0 aliphatic carbocycles. The molecule has 0 aromatic heterocycles. The Hall–Kier alpha value is -0.480. The van der Waals surface area contributed by atoms with Crippen molar-refractivity contribution < 1.29 is 0 Å². The standard InChI is InChI=1S/C13H19Cl2N3/c1-17-6-8-18(9-7-17)5-4-16-13-3-2-11(14)10-12(13)15/h2-3,10,16H,4-9H2,1H3. The number of hydrogen-bond acceptors (Lipinski definition) is 3. The fraction of sp³-hybridized carbons (Fsp3) is 0.538. The van der Waals surface area contributed by atoms with Gasteiger partial charge < -0.3 is 10.2 Å². The summed E-state index contributed by atoms with van der Waals surface area (Å²) in [6.07, 6.45) is 0. The highest BCUT2D eigenvalue weighted by molar-refractivity contribution is 6.36. The number of nitrogens with one attached hydrogen (secondary N) is 1. The van der Waals surface area contributed by atoms with Gasteiger partial charge in [0.25, 0.3) is 0 Å². The molecule has 0 spiro atoms. The first-order chi connectivity index (χ1) is 8.65. The smallest absolute Gasteiger partial charge is 0.0652 e. The Morgan fingerprint density at radius 2 is 1.89 bits per heavy atom. The van der Waals surface area contributed by atoms with Gasteiger partial charge in [-0.25, -0.2) is 0 Å². The van der Waals surface area contributed by atoms with Gasteiger partial charge in [-0.3, -0.25) is 4.90 Å². The highest BCUT2D eigenvalue weighted by atomic mass is 35.5. The van der Waals surface area contributed by atoms with Crippen molar-refractivity contribution in [2.24, 2.45) is 0 Å². The third-order valence-electron chi connectivity index (χ3n) is 3.27. The summed E-state index contributed by atoms with van der Waals surface area (Å²) in [5.41, 5.74) is 0.954. The minimum absolute atomic E-state index is 0.671. The molecule has 0 radical (unpaired) electrons. The second kappa shape index (κ2) is 6.62. The summed E-state index contributed by atoms with van der Waals surface area (Å²) in [6, 6.07) is 5.54. The molecule has 0 unspecified atom stereocenters. The van der Waals surface area contributed by atoms with Gasteiger partial charge in [0.2, 0.25) is 0 Å². The van der Waals surface area contributed by atoms with Crippen molar-refractivity contribution in [1.82, 2.24) is 9.80 Å². The lowest BCUT2D eigenvalue weighted by molar-refractivity contribution is 0.158. The maximum atomic E-state index is 6.10. The van der Waals surface area contributed by atoms with Gasteiger partial charge in [0.05, 0.1) is 10.7 Å². The van der Waals surface area contributed by atoms with Crippen molar-refractivity contribution in [1.29, 1.82) is 0 Å². The number of likely N-dealkylation sites (N-methyl/N-ethyl adjacent to an activating group) is 1. The lowest BCUT2D eigenvalue weighted by Crippen LogP contribution is -2.45. The molecule has 0 atom stereocenters. The third kappa shape index (κ3) is 4.02. The average molecular weight is 288 g/mol. The van der Waals surface area contributed by atoms with E-state index in [2.05, 4.69) is 22.2 Å². The van der Waals surface area contributed by atoms with Gasteiger partial charge in [0.15, 0.2) is 0 Å². The number of rotatable bonds is 4. The Balaban J connectivity index is 1.75. The first-order valence-corrected chi connectivity index (χ1v) is 7.00. The van der Waals surface area contributed by atoms with Crippen molar-refractivity contribution in [2.75, 3.05) is 51.6 Å². The summed E-state index contributed by atoms with van der Waals surface area (Å²) in [4.78, 5) is 4.83. The average Bonchev–Trinajstić information content (AvgIpc) is 2.34. The van der Waals surface area contributed by atoms with Crippen molar-refractivity contribution in [3.05, 3.63) is 28.2 Å². The Morgan fingerprint density at radius 3 is 2.56 bits per heavy atom. The van der Waals surface area contributed by atoms with E-state index in [-0.39, 0.29) is 0 Å². The van der Waals surface area contributed by atoms with E-state index in [1.807, 2.05) is 12.1 Å². The zero-order valence-corrected chi connectivity index (χ0v) is 12.1. The van der Waals surface area contributed by atoms with Crippen LogP contribution in [0.15, 0.2) is 18.2 Å². The van der Waals surface area contributed by atoms with Crippen LogP contribution in [0.1, 0.15) is 0 Å². The first-order valence-electron chi connectivity index (χ1n) is 6.25. The SMILES string of the molecule is CN1CCN(CCNc2ccc(Cl)cc2Cl)CC1. The molecule has 2 rings (SSSR count). The molecule has 3 nitrogen and oxygen atoms in total. The minimum Gasteiger partial charge on any atom is -0.383 e. The molecular formula is C13H19Cl2N3. The highest BCUT2D eigenvalue weighted by Crippen LogP contribution is 2.25. The molecule has 18 heavy (non-hydrogen) atoms. The molecule has 1 fully saturated rings. The highest BCUT2D eigenvalue weighted by Gasteiger charge is 2.12. The van der Waals surface area contributed by atoms with Gasteiger partial charge in [0.1, 0.15) is 0 Å². The monoisotopic (exact) mass is 287 g/mol. The van der Waals surface area contributed by atoms with Crippen molar-refractivity contribution in [3.8, 4) is 0 Å². The van der Waals surface area contributed by atoms with Crippen LogP contribution in [0.2, 0.25) is 10.0 Å². The maximum Gasteiger partial charge on any atom is 0.0652 e. The van der Waals surface area contributed by atoms with Gasteiger partial charge in [-0.2, -0.15) is 0 Å². The summed E-state index contributed by atoms with van der Waals surface area (Å²) < 4.78 is 0. The summed E-state index contributed by atoms with van der Waals surface area (Å²) in [5, 5.41) is 4.71. The third-order valence-corrected chi connectivity index (χ3v) is 3.82. The molecule has 1 N–H and O–H groups in total. The van der Waals surface area contributed by atoms with Crippen LogP contribution in [0, 0.1) is 0 Å². The molecule has 100 valence electrons. The van der Waals surface area contributed by atoms with E-state index in [0.717, 1.165) is 45.0 Å². The topological polar surface area (TPSA) is 18.5 Å². The molecule has 0 bridgehead atoms. The van der Waals surface area contributed by atoms with Crippen LogP contribution in [0.4, 0.5) is 5.69 Å². The molecular weight excluding hydrogens is 269 g/mol. The van der Waals surface area contributed by atoms with E-state index in [1.54, 1.807) is 6.07 Å². The zero-order valence-electron chi connectivity index (χ0n) is 10.6. The number of hydrogen-bond donors (Lipinski definition) is 1. The molecule has 1 aromatic carbocycles. The van der Waals surface area contributed by atoms with Gasteiger partial charge in [0, 0.05) is 44.3 Å². The minimum atomic E-state index is 0.671. The van der Waals surface area contributed by atoms with Crippen molar-refractivity contribution in [2.45, 2.75) is 0 Å². The van der Waals surface area contributed by atoms with Crippen LogP contribution < -0.4 is 5.32 Å². The molecule has 0 amide bonds. The van der Waals surface area contributed by atoms with E-state index in [1.165, 1.54) is 0 Å². The van der Waals surface area contributed by atoms with Gasteiger partial charge >= 0.3 is 0 Å². The predicted octanol–water partition coefficient (Wildman–Crippen LogP) is 2.65. The number of benzene rings is 1. The van der Waals surface area contributed by atoms with Gasteiger partial charge in [-0.05, 0) is 25.2 Å².